The number of rotatable bonds is 6. The summed E-state index contributed by atoms with van der Waals surface area (Å²) in [5, 5.41) is 1.94. The molecular formula is C45H29N3O. The maximum absolute atomic E-state index is 8.34. The van der Waals surface area contributed by atoms with Crippen molar-refractivity contribution >= 4 is 21.9 Å². The second-order valence-electron chi connectivity index (χ2n) is 11.7. The van der Waals surface area contributed by atoms with Crippen LogP contribution in [-0.4, -0.2) is 15.0 Å². The number of hydrogen-bond donors (Lipinski definition) is 0. The van der Waals surface area contributed by atoms with Crippen LogP contribution in [0.5, 0.6) is 0 Å². The molecule has 9 aromatic rings. The molecule has 2 heterocycles. The van der Waals surface area contributed by atoms with Crippen molar-refractivity contribution in [1.82, 2.24) is 15.0 Å². The normalized spacial score (nSPS) is 12.7. The monoisotopic (exact) mass is 632 g/mol. The summed E-state index contributed by atoms with van der Waals surface area (Å²) in [7, 11) is 0. The molecule has 49 heavy (non-hydrogen) atoms. The second kappa shape index (κ2) is 12.2. The van der Waals surface area contributed by atoms with Crippen LogP contribution in [-0.2, 0) is 0 Å². The minimum absolute atomic E-state index is 0.190. The first-order valence-corrected chi connectivity index (χ1v) is 15.9. The molecule has 230 valence electrons. The molecule has 9 rings (SSSR count). The molecule has 0 saturated heterocycles. The smallest absolute Gasteiger partial charge is 0.164 e. The lowest BCUT2D eigenvalue weighted by molar-refractivity contribution is 0.669. The average Bonchev–Trinajstić information content (AvgIpc) is 3.61. The van der Waals surface area contributed by atoms with Gasteiger partial charge in [-0.2, -0.15) is 0 Å². The molecule has 0 aliphatic heterocycles. The molecule has 2 aromatic heterocycles. The summed E-state index contributed by atoms with van der Waals surface area (Å²) >= 11 is 0. The molecule has 0 bridgehead atoms. The van der Waals surface area contributed by atoms with Crippen molar-refractivity contribution in [2.24, 2.45) is 0 Å². The number of hydrogen-bond acceptors (Lipinski definition) is 4. The van der Waals surface area contributed by atoms with E-state index in [1.165, 1.54) is 0 Å². The van der Waals surface area contributed by atoms with Gasteiger partial charge in [-0.3, -0.25) is 0 Å². The zero-order valence-corrected chi connectivity index (χ0v) is 26.1. The van der Waals surface area contributed by atoms with E-state index in [1.807, 2.05) is 97.1 Å². The highest BCUT2D eigenvalue weighted by molar-refractivity contribution is 6.13. The van der Waals surface area contributed by atoms with Crippen molar-refractivity contribution in [3.63, 3.8) is 0 Å². The number of benzene rings is 7. The Morgan fingerprint density at radius 1 is 0.388 bits per heavy atom. The molecule has 0 fully saturated rings. The maximum Gasteiger partial charge on any atom is 0.164 e. The van der Waals surface area contributed by atoms with Crippen molar-refractivity contribution in [3.8, 4) is 67.5 Å². The first kappa shape index (κ1) is 23.6. The van der Waals surface area contributed by atoms with E-state index in [-0.39, 0.29) is 29.7 Å². The van der Waals surface area contributed by atoms with Gasteiger partial charge in [0.1, 0.15) is 11.2 Å². The zero-order valence-electron chi connectivity index (χ0n) is 31.1. The molecular weight excluding hydrogens is 599 g/mol. The predicted molar refractivity (Wildman–Crippen MR) is 200 cm³/mol. The summed E-state index contributed by atoms with van der Waals surface area (Å²) in [5.41, 5.74) is 8.92. The van der Waals surface area contributed by atoms with Crippen LogP contribution >= 0.6 is 0 Å². The van der Waals surface area contributed by atoms with E-state index in [0.717, 1.165) is 60.9 Å². The molecule has 0 spiro atoms. The topological polar surface area (TPSA) is 51.8 Å². The van der Waals surface area contributed by atoms with Gasteiger partial charge in [0.05, 0.1) is 6.85 Å². The fourth-order valence-electron chi connectivity index (χ4n) is 6.21. The molecule has 0 amide bonds. The van der Waals surface area contributed by atoms with Crippen LogP contribution in [0.1, 0.15) is 6.85 Å². The predicted octanol–water partition coefficient (Wildman–Crippen LogP) is 11.8. The standard InChI is InChI=1S/C45H29N3O/c1-4-11-30(12-5-1)31-19-21-32(22-20-31)33-23-25-34(26-24-33)38-17-10-18-41-42(38)39-29-37(27-28-40(39)49-41)45-47-43(35-13-6-2-7-14-35)46-44(48-45)36-15-8-3-9-16-36/h1-29H/i1D,4D,5D,11D,12D. The van der Waals surface area contributed by atoms with Crippen LogP contribution in [0.4, 0.5) is 0 Å². The van der Waals surface area contributed by atoms with Gasteiger partial charge < -0.3 is 4.42 Å². The molecule has 0 N–H and O–H groups in total. The third-order valence-electron chi connectivity index (χ3n) is 8.66. The SMILES string of the molecule is [2H]c1c([2H])c([2H])c(-c2ccc(-c3ccc(-c4cccc5oc6ccc(-c7nc(-c8ccccc8)nc(-c8ccccc8)n7)cc6c45)cc3)cc2)c([2H])c1[2H]. The fourth-order valence-corrected chi connectivity index (χ4v) is 6.21. The Bertz CT molecular complexity index is 2770. The molecule has 0 aliphatic carbocycles. The molecule has 0 aliphatic rings. The molecule has 4 nitrogen and oxygen atoms in total. The Labute approximate surface area is 291 Å². The van der Waals surface area contributed by atoms with Crippen molar-refractivity contribution in [2.45, 2.75) is 0 Å². The number of fused-ring (bicyclic) bond motifs is 3. The highest BCUT2D eigenvalue weighted by Gasteiger charge is 2.17. The van der Waals surface area contributed by atoms with E-state index < -0.39 is 6.04 Å². The first-order valence-electron chi connectivity index (χ1n) is 18.4. The van der Waals surface area contributed by atoms with Gasteiger partial charge in [0.15, 0.2) is 17.5 Å². The first-order chi connectivity index (χ1) is 26.3. The lowest BCUT2D eigenvalue weighted by atomic mass is 9.96. The molecule has 0 radical (unpaired) electrons. The van der Waals surface area contributed by atoms with Gasteiger partial charge in [-0.1, -0.05) is 152 Å². The van der Waals surface area contributed by atoms with Crippen molar-refractivity contribution in [3.05, 3.63) is 176 Å². The van der Waals surface area contributed by atoms with E-state index in [9.17, 15) is 0 Å². The van der Waals surface area contributed by atoms with Gasteiger partial charge in [-0.15, -0.1) is 0 Å². The Morgan fingerprint density at radius 3 is 1.49 bits per heavy atom. The average molecular weight is 633 g/mol. The van der Waals surface area contributed by atoms with Crippen LogP contribution in [0.15, 0.2) is 180 Å². The van der Waals surface area contributed by atoms with E-state index in [0.29, 0.717) is 23.0 Å². The Hall–Kier alpha value is -6.65. The quantitative estimate of drug-likeness (QED) is 0.183. The van der Waals surface area contributed by atoms with Gasteiger partial charge in [0, 0.05) is 27.5 Å². The van der Waals surface area contributed by atoms with Gasteiger partial charge in [0.25, 0.3) is 0 Å². The van der Waals surface area contributed by atoms with Crippen molar-refractivity contribution in [1.29, 1.82) is 0 Å². The molecule has 0 unspecified atom stereocenters. The van der Waals surface area contributed by atoms with Crippen LogP contribution < -0.4 is 0 Å². The van der Waals surface area contributed by atoms with E-state index >= 15 is 0 Å². The van der Waals surface area contributed by atoms with Crippen LogP contribution in [0.3, 0.4) is 0 Å². The van der Waals surface area contributed by atoms with Crippen LogP contribution in [0, 0.1) is 0 Å². The van der Waals surface area contributed by atoms with E-state index in [4.69, 9.17) is 26.2 Å². The van der Waals surface area contributed by atoms with Crippen molar-refractivity contribution < 1.29 is 11.3 Å². The van der Waals surface area contributed by atoms with Crippen molar-refractivity contribution in [2.75, 3.05) is 0 Å². The Balaban J connectivity index is 1.09. The van der Waals surface area contributed by atoms with Gasteiger partial charge in [-0.25, -0.2) is 15.0 Å². The van der Waals surface area contributed by atoms with Crippen LogP contribution in [0.2, 0.25) is 0 Å². The number of furan rings is 1. The van der Waals surface area contributed by atoms with Crippen LogP contribution in [0.25, 0.3) is 89.5 Å². The minimum atomic E-state index is -0.400. The highest BCUT2D eigenvalue weighted by atomic mass is 16.3. The minimum Gasteiger partial charge on any atom is -0.456 e. The molecule has 0 atom stereocenters. The third kappa shape index (κ3) is 5.45. The number of nitrogens with zero attached hydrogens (tertiary/aromatic N) is 3. The lowest BCUT2D eigenvalue weighted by Crippen LogP contribution is -2.00. The summed E-state index contributed by atoms with van der Waals surface area (Å²) in [5.74, 6) is 1.76. The molecule has 7 aromatic carbocycles. The summed E-state index contributed by atoms with van der Waals surface area (Å²) in [6.45, 7) is 0. The molecule has 0 saturated carbocycles. The summed E-state index contributed by atoms with van der Waals surface area (Å²) < 4.78 is 47.0. The van der Waals surface area contributed by atoms with E-state index in [2.05, 4.69) is 36.4 Å². The maximum atomic E-state index is 8.34. The summed E-state index contributed by atoms with van der Waals surface area (Å²) in [6.07, 6.45) is 0. The molecule has 4 heteroatoms. The largest absolute Gasteiger partial charge is 0.456 e. The van der Waals surface area contributed by atoms with Gasteiger partial charge in [0.2, 0.25) is 0 Å². The highest BCUT2D eigenvalue weighted by Crippen LogP contribution is 2.39. The number of aromatic nitrogens is 3. The Kier molecular flexibility index (Phi) is 5.87. The summed E-state index contributed by atoms with van der Waals surface area (Å²) in [4.78, 5) is 14.7. The zero-order chi connectivity index (χ0) is 36.9. The third-order valence-corrected chi connectivity index (χ3v) is 8.66. The van der Waals surface area contributed by atoms with E-state index in [1.54, 1.807) is 12.1 Å². The Morgan fingerprint density at radius 2 is 0.898 bits per heavy atom. The van der Waals surface area contributed by atoms with Gasteiger partial charge >= 0.3 is 0 Å². The summed E-state index contributed by atoms with van der Waals surface area (Å²) in [6, 6.07) is 46.1. The fraction of sp³-hybridized carbons (Fsp3) is 0. The van der Waals surface area contributed by atoms with Gasteiger partial charge in [-0.05, 0) is 57.6 Å². The lowest BCUT2D eigenvalue weighted by Gasteiger charge is -2.09. The second-order valence-corrected chi connectivity index (χ2v) is 11.7.